The smallest absolute Gasteiger partial charge is 0.243 e. The highest BCUT2D eigenvalue weighted by atomic mass is 16.2. The van der Waals surface area contributed by atoms with Gasteiger partial charge in [-0.05, 0) is 6.42 Å². The lowest BCUT2D eigenvalue weighted by Gasteiger charge is -2.26. The number of amides is 5. The van der Waals surface area contributed by atoms with E-state index in [0.717, 1.165) is 5.69 Å². The van der Waals surface area contributed by atoms with Crippen molar-refractivity contribution in [3.05, 3.63) is 109 Å². The molecule has 11 N–H and O–H groups in total. The molecule has 0 aliphatic carbocycles. The maximum Gasteiger partial charge on any atom is 0.243 e. The van der Waals surface area contributed by atoms with Gasteiger partial charge in [0.15, 0.2) is 0 Å². The molecule has 5 atom stereocenters. The third-order valence-corrected chi connectivity index (χ3v) is 9.13. The molecule has 0 aliphatic heterocycles. The topological polar surface area (TPSA) is 335 Å². The summed E-state index contributed by atoms with van der Waals surface area (Å²) in [6, 6.07) is -5.90. The van der Waals surface area contributed by atoms with E-state index >= 15 is 0 Å². The second-order valence-corrected chi connectivity index (χ2v) is 13.5. The van der Waals surface area contributed by atoms with Crippen LogP contribution in [-0.2, 0) is 67.3 Å². The molecule has 23 nitrogen and oxygen atoms in total. The van der Waals surface area contributed by atoms with Crippen LogP contribution in [0.15, 0.2) is 75.1 Å². The van der Waals surface area contributed by atoms with Gasteiger partial charge in [0.25, 0.3) is 0 Å². The van der Waals surface area contributed by atoms with E-state index in [1.165, 1.54) is 68.9 Å². The first-order valence-electron chi connectivity index (χ1n) is 18.5. The minimum atomic E-state index is -1.31. The molecule has 0 aliphatic rings. The highest BCUT2D eigenvalue weighted by molar-refractivity contribution is 5.96. The molecule has 0 bridgehead atoms. The van der Waals surface area contributed by atoms with E-state index in [2.05, 4.69) is 86.4 Å². The van der Waals surface area contributed by atoms with Crippen LogP contribution in [0.25, 0.3) is 0 Å². The molecule has 6 heterocycles. The SMILES string of the molecule is O=C[C@H](Cc1cnc[nH]1)NC(=O)[C@H](Cc1cnc[nH]1)NC(=O)[C@H](Cc1cnc[nH]1)NC(=O)[C@H](Cc1cnc[nH]1)NC(=O)[C@H](Cc1cnc[nH]1)NC(=O)CCc1cnc[nH]1. The zero-order chi connectivity index (χ0) is 41.4. The normalized spacial score (nSPS) is 13.6. The summed E-state index contributed by atoms with van der Waals surface area (Å²) in [6.07, 6.45) is 18.6. The van der Waals surface area contributed by atoms with Gasteiger partial charge in [-0.2, -0.15) is 0 Å². The Hall–Kier alpha value is -7.72. The van der Waals surface area contributed by atoms with E-state index in [4.69, 9.17) is 0 Å². The lowest BCUT2D eigenvalue weighted by molar-refractivity contribution is -0.134. The van der Waals surface area contributed by atoms with Crippen LogP contribution in [0.4, 0.5) is 0 Å². The van der Waals surface area contributed by atoms with Gasteiger partial charge in [0, 0.05) is 110 Å². The number of carbonyl (C=O) groups excluding carboxylic acids is 6. The monoisotopic (exact) mass is 809 g/mol. The maximum absolute atomic E-state index is 14.2. The molecule has 0 aromatic carbocycles. The standard InChI is InChI=1S/C36H43N17O6/c54-14-27(3-22-9-38-16-44-22)49-33(56)29(5-24-11-40-18-46-24)51-35(58)31(7-26-13-42-20-48-26)53-36(59)30(6-25-12-41-19-47-25)52-34(57)28(4-23-10-39-17-45-23)50-32(55)2-1-21-8-37-15-43-21/h8-20,27-31H,1-7H2,(H,37,43)(H,38,44)(H,39,45)(H,40,46)(H,41,47)(H,42,48)(H,49,56)(H,50,55)(H,51,58)(H,52,57)(H,53,59)/t27-,28-,29-,30-,31-/m0/s1. The summed E-state index contributed by atoms with van der Waals surface area (Å²) in [5.74, 6) is -3.28. The zero-order valence-corrected chi connectivity index (χ0v) is 31.5. The first-order valence-corrected chi connectivity index (χ1v) is 18.5. The fraction of sp³-hybridized carbons (Fsp3) is 0.333. The third-order valence-electron chi connectivity index (χ3n) is 9.13. The predicted octanol–water partition coefficient (Wildman–Crippen LogP) is -2.21. The van der Waals surface area contributed by atoms with E-state index in [-0.39, 0.29) is 38.5 Å². The molecular weight excluding hydrogens is 767 g/mol. The molecule has 0 spiro atoms. The Bertz CT molecular complexity index is 2190. The van der Waals surface area contributed by atoms with Gasteiger partial charge in [-0.3, -0.25) is 24.0 Å². The number of H-pyrrole nitrogens is 6. The van der Waals surface area contributed by atoms with Crippen molar-refractivity contribution in [3.63, 3.8) is 0 Å². The second-order valence-electron chi connectivity index (χ2n) is 13.5. The van der Waals surface area contributed by atoms with Gasteiger partial charge in [-0.25, -0.2) is 29.9 Å². The maximum atomic E-state index is 14.2. The van der Waals surface area contributed by atoms with Crippen molar-refractivity contribution in [2.75, 3.05) is 0 Å². The van der Waals surface area contributed by atoms with Crippen molar-refractivity contribution in [1.29, 1.82) is 0 Å². The van der Waals surface area contributed by atoms with Crippen LogP contribution in [0, 0.1) is 0 Å². The van der Waals surface area contributed by atoms with Crippen molar-refractivity contribution in [3.8, 4) is 0 Å². The summed E-state index contributed by atoms with van der Waals surface area (Å²) < 4.78 is 0. The minimum absolute atomic E-state index is 0.0253. The summed E-state index contributed by atoms with van der Waals surface area (Å²) in [5, 5.41) is 13.6. The number of nitrogens with zero attached hydrogens (tertiary/aromatic N) is 6. The minimum Gasteiger partial charge on any atom is -0.348 e. The molecule has 0 fully saturated rings. The lowest BCUT2D eigenvalue weighted by atomic mass is 10.0. The summed E-state index contributed by atoms with van der Waals surface area (Å²) in [6.45, 7) is 0. The second kappa shape index (κ2) is 20.4. The fourth-order valence-corrected chi connectivity index (χ4v) is 6.10. The predicted molar refractivity (Wildman–Crippen MR) is 204 cm³/mol. The number of nitrogens with one attached hydrogen (secondary N) is 11. The van der Waals surface area contributed by atoms with Crippen LogP contribution in [-0.4, -0.2) is 126 Å². The molecule has 308 valence electrons. The van der Waals surface area contributed by atoms with Crippen molar-refractivity contribution in [2.45, 2.75) is 75.2 Å². The first kappa shape index (κ1) is 40.9. The number of aromatic amines is 6. The zero-order valence-electron chi connectivity index (χ0n) is 31.5. The van der Waals surface area contributed by atoms with Gasteiger partial charge in [0.05, 0.1) is 44.0 Å². The van der Waals surface area contributed by atoms with E-state index in [9.17, 15) is 28.8 Å². The van der Waals surface area contributed by atoms with Crippen molar-refractivity contribution < 1.29 is 28.8 Å². The Morgan fingerprint density at radius 1 is 0.441 bits per heavy atom. The van der Waals surface area contributed by atoms with Crippen LogP contribution in [0.5, 0.6) is 0 Å². The molecule has 0 unspecified atom stereocenters. The number of aryl methyl sites for hydroxylation is 1. The van der Waals surface area contributed by atoms with E-state index in [0.29, 0.717) is 41.2 Å². The van der Waals surface area contributed by atoms with Gasteiger partial charge in [0.2, 0.25) is 29.5 Å². The Kier molecular flexibility index (Phi) is 14.2. The van der Waals surface area contributed by atoms with Crippen LogP contribution < -0.4 is 26.6 Å². The average Bonchev–Trinajstić information content (AvgIpc) is 4.08. The van der Waals surface area contributed by atoms with Crippen LogP contribution >= 0.6 is 0 Å². The molecule has 6 aromatic heterocycles. The van der Waals surface area contributed by atoms with Crippen molar-refractivity contribution >= 4 is 35.8 Å². The Morgan fingerprint density at radius 3 is 1.07 bits per heavy atom. The Morgan fingerprint density at radius 2 is 0.746 bits per heavy atom. The molecule has 0 saturated carbocycles. The summed E-state index contributed by atoms with van der Waals surface area (Å²) in [7, 11) is 0. The number of imidazole rings is 6. The van der Waals surface area contributed by atoms with Gasteiger partial charge in [-0.1, -0.05) is 0 Å². The highest BCUT2D eigenvalue weighted by Gasteiger charge is 2.33. The van der Waals surface area contributed by atoms with Crippen molar-refractivity contribution in [2.24, 2.45) is 0 Å². The summed E-state index contributed by atoms with van der Waals surface area (Å²) in [5.41, 5.74) is 3.38. The first-order chi connectivity index (χ1) is 28.7. The van der Waals surface area contributed by atoms with Crippen LogP contribution in [0.2, 0.25) is 0 Å². The fourth-order valence-electron chi connectivity index (χ4n) is 6.10. The number of carbonyl (C=O) groups is 6. The van der Waals surface area contributed by atoms with Gasteiger partial charge in [0.1, 0.15) is 30.5 Å². The molecule has 0 saturated heterocycles. The quantitative estimate of drug-likeness (QED) is 0.0307. The number of aldehydes is 1. The number of rotatable bonds is 23. The van der Waals surface area contributed by atoms with Crippen molar-refractivity contribution in [1.82, 2.24) is 86.4 Å². The molecule has 59 heavy (non-hydrogen) atoms. The van der Waals surface area contributed by atoms with Gasteiger partial charge in [-0.15, -0.1) is 0 Å². The molecule has 5 amide bonds. The molecular formula is C36H43N17O6. The number of hydrogen-bond donors (Lipinski definition) is 11. The van der Waals surface area contributed by atoms with Crippen LogP contribution in [0.3, 0.4) is 0 Å². The summed E-state index contributed by atoms with van der Waals surface area (Å²) in [4.78, 5) is 123. The molecule has 6 rings (SSSR count). The lowest BCUT2D eigenvalue weighted by Crippen LogP contribution is -2.60. The largest absolute Gasteiger partial charge is 0.348 e. The molecule has 0 radical (unpaired) electrons. The molecule has 23 heteroatoms. The Labute approximate surface area is 335 Å². The third kappa shape index (κ3) is 12.4. The van der Waals surface area contributed by atoms with Crippen LogP contribution in [0.1, 0.15) is 40.6 Å². The van der Waals surface area contributed by atoms with E-state index in [1.807, 2.05) is 0 Å². The van der Waals surface area contributed by atoms with Gasteiger partial charge >= 0.3 is 0 Å². The van der Waals surface area contributed by atoms with E-state index in [1.54, 1.807) is 6.20 Å². The average molecular weight is 810 g/mol. The van der Waals surface area contributed by atoms with E-state index < -0.39 is 59.7 Å². The summed E-state index contributed by atoms with van der Waals surface area (Å²) >= 11 is 0. The van der Waals surface area contributed by atoms with Gasteiger partial charge < -0.3 is 61.3 Å². The number of hydrogen-bond acceptors (Lipinski definition) is 12. The molecule has 6 aromatic rings. The highest BCUT2D eigenvalue weighted by Crippen LogP contribution is 2.09. The number of aromatic nitrogens is 12. The Balaban J connectivity index is 1.19.